The van der Waals surface area contributed by atoms with Crippen molar-refractivity contribution in [2.24, 2.45) is 29.4 Å². The van der Waals surface area contributed by atoms with E-state index >= 15 is 19.2 Å². The van der Waals surface area contributed by atoms with Gasteiger partial charge in [0.15, 0.2) is 6.17 Å². The molecule has 4 aromatic carbocycles. The normalized spacial score (nSPS) is 15.4. The van der Waals surface area contributed by atoms with Crippen LogP contribution in [0.15, 0.2) is 121 Å². The highest BCUT2D eigenvalue weighted by Crippen LogP contribution is 2.24. The molecule has 1 aliphatic rings. The molecule has 1 saturated heterocycles. The summed E-state index contributed by atoms with van der Waals surface area (Å²) in [5.41, 5.74) is 8.57. The van der Waals surface area contributed by atoms with Gasteiger partial charge in [-0.2, -0.15) is 0 Å². The molecule has 0 bridgehead atoms. The summed E-state index contributed by atoms with van der Waals surface area (Å²) in [7, 11) is 9.77. The fourth-order valence-electron chi connectivity index (χ4n) is 13.9. The van der Waals surface area contributed by atoms with E-state index in [0.29, 0.717) is 30.6 Å². The van der Waals surface area contributed by atoms with Crippen LogP contribution in [0, 0.1) is 23.7 Å². The molecule has 5 rings (SSSR count). The van der Waals surface area contributed by atoms with Gasteiger partial charge in [0.05, 0.1) is 25.7 Å². The standard InChI is InChI=1S/C87H129N13O16/c1-21-58(8)74(79(106)92-75(88)85(112)97(18)69(50-62-39-29-23-30-40-62)83(110)99(20)73(57(6)7)78(105)90-66(82(109)100-45-35-26-36-46-100)51-71(102)115-54-64-43-33-25-34-44-64)98(19)70(101)52-93(14)84(111)72(60(10)114-53-63-41-31-24-32-42-63)91-77(104)67(48-56(4)5)96(17)81(108)65(47-55(2)3)89-76(103)68(49-61-37-27-22-28-38-61)95(16)80(107)59(9)94(15)86(113)116-87(11,12)13/h22-25,27-34,37-44,55-60,65-69,72-75H,21,26,35-36,45-54,88H2,1-20H3,(H,89,103)(H,90,105)(H,91,104)(H,92,106)/t58?,59?,60?,65?,66?,67-,68-,69?,72-,73-,74-,75+/m0/s1. The highest BCUT2D eigenvalue weighted by molar-refractivity contribution is 5.99. The van der Waals surface area contributed by atoms with E-state index in [1.807, 2.05) is 70.2 Å². The summed E-state index contributed by atoms with van der Waals surface area (Å²) in [4.78, 5) is 200. The Bertz CT molecular complexity index is 3900. The predicted octanol–water partition coefficient (Wildman–Crippen LogP) is 6.72. The van der Waals surface area contributed by atoms with E-state index in [9.17, 15) is 43.2 Å². The van der Waals surface area contributed by atoms with Gasteiger partial charge in [-0.25, -0.2) is 4.79 Å². The van der Waals surface area contributed by atoms with Crippen molar-refractivity contribution in [2.75, 3.05) is 69.0 Å². The van der Waals surface area contributed by atoms with Crippen LogP contribution in [0.5, 0.6) is 0 Å². The molecule has 6 N–H and O–H groups in total. The first-order chi connectivity index (χ1) is 54.6. The molecule has 29 nitrogen and oxygen atoms in total. The molecule has 1 heterocycles. The van der Waals surface area contributed by atoms with Crippen LogP contribution < -0.4 is 27.0 Å². The summed E-state index contributed by atoms with van der Waals surface area (Å²) in [6.45, 7) is 22.7. The van der Waals surface area contributed by atoms with Gasteiger partial charge < -0.3 is 75.5 Å². The Balaban J connectivity index is 1.39. The Morgan fingerprint density at radius 2 is 0.940 bits per heavy atom. The minimum atomic E-state index is -1.82. The van der Waals surface area contributed by atoms with Gasteiger partial charge in [-0.15, -0.1) is 0 Å². The summed E-state index contributed by atoms with van der Waals surface area (Å²) in [6.07, 6.45) is -1.30. The lowest BCUT2D eigenvalue weighted by molar-refractivity contribution is -0.152. The second-order valence-corrected chi connectivity index (χ2v) is 32.8. The van der Waals surface area contributed by atoms with Crippen molar-refractivity contribution >= 4 is 77.0 Å². The number of esters is 1. The van der Waals surface area contributed by atoms with Crippen molar-refractivity contribution in [2.45, 2.75) is 233 Å². The summed E-state index contributed by atoms with van der Waals surface area (Å²) >= 11 is 0. The maximum Gasteiger partial charge on any atom is 0.410 e. The fraction of sp³-hybridized carbons (Fsp3) is 0.575. The van der Waals surface area contributed by atoms with E-state index in [2.05, 4.69) is 21.3 Å². The second-order valence-electron chi connectivity index (χ2n) is 32.8. The molecule has 0 radical (unpaired) electrons. The summed E-state index contributed by atoms with van der Waals surface area (Å²) in [6, 6.07) is 24.3. The molecule has 12 amide bonds. The lowest BCUT2D eigenvalue weighted by atomic mass is 9.96. The monoisotopic (exact) mass is 1610 g/mol. The highest BCUT2D eigenvalue weighted by atomic mass is 16.6. The third-order valence-electron chi connectivity index (χ3n) is 21.0. The Morgan fingerprint density at radius 3 is 1.44 bits per heavy atom. The number of benzene rings is 4. The second kappa shape index (κ2) is 45.9. The first-order valence-corrected chi connectivity index (χ1v) is 40.3. The van der Waals surface area contributed by atoms with Crippen LogP contribution in [0.2, 0.25) is 0 Å². The maximum absolute atomic E-state index is 15.2. The number of rotatable bonds is 41. The number of likely N-dealkylation sites (tertiary alicyclic amines) is 1. The smallest absolute Gasteiger partial charge is 0.410 e. The van der Waals surface area contributed by atoms with E-state index in [4.69, 9.17) is 19.9 Å². The van der Waals surface area contributed by atoms with Gasteiger partial charge in [-0.05, 0) is 113 Å². The van der Waals surface area contributed by atoms with Crippen molar-refractivity contribution < 1.29 is 76.5 Å². The molecule has 1 aliphatic heterocycles. The molecule has 0 aliphatic carbocycles. The minimum absolute atomic E-state index is 0.00477. The van der Waals surface area contributed by atoms with Gasteiger partial charge in [0.2, 0.25) is 59.1 Å². The van der Waals surface area contributed by atoms with Gasteiger partial charge >= 0.3 is 12.1 Å². The third-order valence-corrected chi connectivity index (χ3v) is 21.0. The zero-order valence-corrected chi connectivity index (χ0v) is 71.8. The maximum atomic E-state index is 15.2. The first kappa shape index (κ1) is 96.3. The van der Waals surface area contributed by atoms with Crippen molar-refractivity contribution in [3.05, 3.63) is 144 Å². The minimum Gasteiger partial charge on any atom is -0.461 e. The van der Waals surface area contributed by atoms with E-state index in [0.717, 1.165) is 50.0 Å². The largest absolute Gasteiger partial charge is 0.461 e. The number of nitrogens with zero attached hydrogens (tertiary/aromatic N) is 8. The zero-order valence-electron chi connectivity index (χ0n) is 71.8. The van der Waals surface area contributed by atoms with E-state index in [-0.39, 0.29) is 50.7 Å². The first-order valence-electron chi connectivity index (χ1n) is 40.3. The number of piperidine rings is 1. The Labute approximate surface area is 686 Å². The summed E-state index contributed by atoms with van der Waals surface area (Å²) in [5, 5.41) is 11.2. The topological polar surface area (TPSA) is 350 Å². The number of likely N-dealkylation sites (N-methyl/N-ethyl adjacent to an activating group) is 7. The average molecular weight is 1610 g/mol. The van der Waals surface area contributed by atoms with Crippen LogP contribution in [0.3, 0.4) is 0 Å². The van der Waals surface area contributed by atoms with Gasteiger partial charge in [-0.1, -0.05) is 183 Å². The molecule has 638 valence electrons. The number of carbonyl (C=O) groups excluding carboxylic acids is 13. The number of hydrogen-bond acceptors (Lipinski definition) is 17. The number of ether oxygens (including phenoxy) is 3. The van der Waals surface area contributed by atoms with E-state index in [1.54, 1.807) is 139 Å². The third kappa shape index (κ3) is 28.9. The highest BCUT2D eigenvalue weighted by Gasteiger charge is 2.44. The van der Waals surface area contributed by atoms with Crippen LogP contribution in [0.4, 0.5) is 4.79 Å². The molecule has 1 fully saturated rings. The van der Waals surface area contributed by atoms with Crippen LogP contribution in [-0.2, 0) is 97.8 Å². The van der Waals surface area contributed by atoms with Crippen LogP contribution in [0.1, 0.15) is 157 Å². The summed E-state index contributed by atoms with van der Waals surface area (Å²) in [5.74, 6) is -10.2. The van der Waals surface area contributed by atoms with Gasteiger partial charge in [-0.3, -0.25) is 62.4 Å². The summed E-state index contributed by atoms with van der Waals surface area (Å²) < 4.78 is 17.4. The lowest BCUT2D eigenvalue weighted by Crippen LogP contribution is -2.63. The molecule has 4 aromatic rings. The Kier molecular flexibility index (Phi) is 38.1. The molecule has 0 saturated carbocycles. The molecule has 12 atom stereocenters. The molecule has 116 heavy (non-hydrogen) atoms. The van der Waals surface area contributed by atoms with E-state index in [1.165, 1.54) is 71.0 Å². The molecular weight excluding hydrogens is 1480 g/mol. The predicted molar refractivity (Wildman–Crippen MR) is 441 cm³/mol. The average Bonchev–Trinajstić information content (AvgIpc) is 0.813. The van der Waals surface area contributed by atoms with Crippen LogP contribution in [-0.4, -0.2) is 257 Å². The molecule has 6 unspecified atom stereocenters. The van der Waals surface area contributed by atoms with Crippen molar-refractivity contribution in [1.82, 2.24) is 60.5 Å². The number of amides is 12. The van der Waals surface area contributed by atoms with Gasteiger partial charge in [0.25, 0.3) is 5.91 Å². The SMILES string of the molecule is CCC(C)[C@@H](C(=O)N[C@@H](N)C(=O)N(C)C(Cc1ccccc1)C(=O)N(C)[C@H](C(=O)NC(CC(=O)OCc1ccccc1)C(=O)N1CCCCC1)C(C)C)N(C)C(=O)CN(C)C(=O)[C@@H](NC(=O)[C@H](CC(C)C)N(C)C(=O)C(CC(C)C)NC(=O)[C@H](Cc1ccccc1)N(C)C(=O)C(C)N(C)C(=O)OC(C)(C)C)C(C)OCc1ccccc1. The number of nitrogens with two attached hydrogens (primary N) is 1. The van der Waals surface area contributed by atoms with Crippen LogP contribution in [0.25, 0.3) is 0 Å². The lowest BCUT2D eigenvalue weighted by Gasteiger charge is -2.38. The van der Waals surface area contributed by atoms with Gasteiger partial charge in [0, 0.05) is 75.3 Å². The fourth-order valence-corrected chi connectivity index (χ4v) is 13.9. The van der Waals surface area contributed by atoms with Crippen molar-refractivity contribution in [3.63, 3.8) is 0 Å². The Hall–Kier alpha value is -10.3. The molecule has 0 aromatic heterocycles. The zero-order chi connectivity index (χ0) is 86.6. The molecule has 29 heteroatoms. The van der Waals surface area contributed by atoms with Crippen molar-refractivity contribution in [3.8, 4) is 0 Å². The van der Waals surface area contributed by atoms with Crippen molar-refractivity contribution in [1.29, 1.82) is 0 Å². The molecule has 0 spiro atoms. The number of carbonyl (C=O) groups is 13. The van der Waals surface area contributed by atoms with Crippen LogP contribution >= 0.6 is 0 Å². The van der Waals surface area contributed by atoms with Gasteiger partial charge in [0.1, 0.15) is 66.6 Å². The van der Waals surface area contributed by atoms with E-state index < -0.39 is 174 Å². The number of hydrogen-bond donors (Lipinski definition) is 5. The quantitative estimate of drug-likeness (QED) is 0.0227. The number of nitrogens with one attached hydrogen (secondary N) is 4. The molecular formula is C87H129N13O16. The Morgan fingerprint density at radius 1 is 0.474 bits per heavy atom.